The van der Waals surface area contributed by atoms with Crippen LogP contribution < -0.4 is 20.3 Å². The number of nitrogens with zero attached hydrogens (tertiary/aromatic N) is 1. The summed E-state index contributed by atoms with van der Waals surface area (Å²) >= 11 is 0. The lowest BCUT2D eigenvalue weighted by molar-refractivity contribution is 0.184. The number of fused-ring (bicyclic) bond motifs is 1. The summed E-state index contributed by atoms with van der Waals surface area (Å²) in [6, 6.07) is 15.1. The Morgan fingerprint density at radius 1 is 1.03 bits per heavy atom. The van der Waals surface area contributed by atoms with E-state index in [2.05, 4.69) is 10.3 Å². The van der Waals surface area contributed by atoms with Gasteiger partial charge in [0.15, 0.2) is 0 Å². The molecular weight excluding hydrogens is 430 g/mol. The largest absolute Gasteiger partial charge is 0.497 e. The summed E-state index contributed by atoms with van der Waals surface area (Å²) in [5, 5.41) is 4.07. The summed E-state index contributed by atoms with van der Waals surface area (Å²) < 4.78 is 10.9. The molecule has 0 unspecified atom stereocenters. The number of hydrogen-bond acceptors (Lipinski definition) is 4. The molecule has 0 bridgehead atoms. The summed E-state index contributed by atoms with van der Waals surface area (Å²) in [6.45, 7) is 3.09. The molecule has 1 saturated carbocycles. The first kappa shape index (κ1) is 23.7. The Balaban J connectivity index is 1.60. The number of aromatic amines is 1. The maximum atomic E-state index is 13.3. The van der Waals surface area contributed by atoms with Crippen LogP contribution in [0, 0.1) is 0 Å². The van der Waals surface area contributed by atoms with Crippen molar-refractivity contribution in [1.29, 1.82) is 0 Å². The van der Waals surface area contributed by atoms with Gasteiger partial charge in [0.1, 0.15) is 11.5 Å². The first-order valence-corrected chi connectivity index (χ1v) is 12.0. The normalized spacial score (nSPS) is 14.1. The molecule has 2 N–H and O–H groups in total. The van der Waals surface area contributed by atoms with Crippen LogP contribution in [0.15, 0.2) is 53.3 Å². The maximum Gasteiger partial charge on any atom is 0.318 e. The van der Waals surface area contributed by atoms with E-state index in [1.54, 1.807) is 12.0 Å². The minimum Gasteiger partial charge on any atom is -0.497 e. The van der Waals surface area contributed by atoms with Gasteiger partial charge in [0.05, 0.1) is 20.3 Å². The Bertz CT molecular complexity index is 1170. The van der Waals surface area contributed by atoms with Crippen LogP contribution in [0.5, 0.6) is 11.5 Å². The molecule has 3 aromatic rings. The molecule has 7 nitrogen and oxygen atoms in total. The predicted octanol–water partition coefficient (Wildman–Crippen LogP) is 4.98. The number of ether oxygens (including phenoxy) is 2. The number of methoxy groups -OCH3 is 1. The lowest BCUT2D eigenvalue weighted by Gasteiger charge is -2.28. The first-order valence-electron chi connectivity index (χ1n) is 12.0. The molecular formula is C27H33N3O4. The van der Waals surface area contributed by atoms with Crippen molar-refractivity contribution >= 4 is 16.9 Å². The summed E-state index contributed by atoms with van der Waals surface area (Å²) in [7, 11) is 1.63. The number of rotatable bonds is 8. The van der Waals surface area contributed by atoms with Crippen molar-refractivity contribution in [2.75, 3.05) is 13.7 Å². The van der Waals surface area contributed by atoms with E-state index in [0.29, 0.717) is 18.7 Å². The van der Waals surface area contributed by atoms with Crippen molar-refractivity contribution in [3.63, 3.8) is 0 Å². The van der Waals surface area contributed by atoms with Crippen molar-refractivity contribution in [3.8, 4) is 11.5 Å². The van der Waals surface area contributed by atoms with E-state index in [-0.39, 0.29) is 24.2 Å². The summed E-state index contributed by atoms with van der Waals surface area (Å²) in [5.41, 5.74) is 2.05. The Hall–Kier alpha value is -3.48. The average Bonchev–Trinajstić information content (AvgIpc) is 2.85. The van der Waals surface area contributed by atoms with Gasteiger partial charge in [0.2, 0.25) is 0 Å². The molecule has 34 heavy (non-hydrogen) atoms. The van der Waals surface area contributed by atoms with Gasteiger partial charge in [0.25, 0.3) is 5.56 Å². The van der Waals surface area contributed by atoms with E-state index in [1.807, 2.05) is 55.5 Å². The second-order valence-electron chi connectivity index (χ2n) is 8.79. The lowest BCUT2D eigenvalue weighted by atomic mass is 9.96. The smallest absolute Gasteiger partial charge is 0.318 e. The highest BCUT2D eigenvalue weighted by molar-refractivity contribution is 5.81. The SMILES string of the molecule is CCOc1ccc2[nH]c(=O)c(CN(Cc3ccc(OC)cc3)C(=O)NC3CCCCC3)cc2c1. The van der Waals surface area contributed by atoms with E-state index in [1.165, 1.54) is 6.42 Å². The van der Waals surface area contributed by atoms with Crippen LogP contribution in [-0.4, -0.2) is 35.7 Å². The topological polar surface area (TPSA) is 83.7 Å². The Morgan fingerprint density at radius 2 is 1.76 bits per heavy atom. The number of amides is 2. The zero-order valence-corrected chi connectivity index (χ0v) is 19.9. The Kier molecular flexibility index (Phi) is 7.72. The van der Waals surface area contributed by atoms with Crippen LogP contribution >= 0.6 is 0 Å². The van der Waals surface area contributed by atoms with Gasteiger partial charge in [0, 0.05) is 29.1 Å². The minimum atomic E-state index is -0.193. The molecule has 0 saturated heterocycles. The molecule has 4 rings (SSSR count). The zero-order chi connectivity index (χ0) is 23.9. The number of benzene rings is 2. The zero-order valence-electron chi connectivity index (χ0n) is 19.9. The third-order valence-corrected chi connectivity index (χ3v) is 6.32. The number of carbonyl (C=O) groups is 1. The van der Waals surface area contributed by atoms with E-state index in [9.17, 15) is 9.59 Å². The number of pyridine rings is 1. The molecule has 2 amide bonds. The molecule has 180 valence electrons. The molecule has 1 heterocycles. The van der Waals surface area contributed by atoms with Crippen molar-refractivity contribution in [3.05, 3.63) is 70.0 Å². The molecule has 7 heteroatoms. The van der Waals surface area contributed by atoms with E-state index >= 15 is 0 Å². The van der Waals surface area contributed by atoms with Gasteiger partial charge in [-0.2, -0.15) is 0 Å². The van der Waals surface area contributed by atoms with Crippen LogP contribution in [0.3, 0.4) is 0 Å². The van der Waals surface area contributed by atoms with E-state index < -0.39 is 0 Å². The quantitative estimate of drug-likeness (QED) is 0.494. The second kappa shape index (κ2) is 11.1. The number of urea groups is 1. The number of carbonyl (C=O) groups excluding carboxylic acids is 1. The molecule has 0 atom stereocenters. The lowest BCUT2D eigenvalue weighted by Crippen LogP contribution is -2.45. The summed E-state index contributed by atoms with van der Waals surface area (Å²) in [4.78, 5) is 30.8. The van der Waals surface area contributed by atoms with E-state index in [4.69, 9.17) is 9.47 Å². The van der Waals surface area contributed by atoms with Gasteiger partial charge in [-0.15, -0.1) is 0 Å². The fraction of sp³-hybridized carbons (Fsp3) is 0.407. The number of H-pyrrole nitrogens is 1. The van der Waals surface area contributed by atoms with Gasteiger partial charge >= 0.3 is 6.03 Å². The first-order chi connectivity index (χ1) is 16.6. The Labute approximate surface area is 200 Å². The third kappa shape index (κ3) is 5.90. The number of aromatic nitrogens is 1. The predicted molar refractivity (Wildman–Crippen MR) is 133 cm³/mol. The highest BCUT2D eigenvalue weighted by Gasteiger charge is 2.21. The molecule has 0 aliphatic heterocycles. The highest BCUT2D eigenvalue weighted by atomic mass is 16.5. The molecule has 1 aliphatic carbocycles. The number of nitrogens with one attached hydrogen (secondary N) is 2. The van der Waals surface area contributed by atoms with Gasteiger partial charge < -0.3 is 24.7 Å². The molecule has 1 fully saturated rings. The van der Waals surface area contributed by atoms with Gasteiger partial charge in [-0.05, 0) is 61.7 Å². The van der Waals surface area contributed by atoms with Crippen LogP contribution in [0.1, 0.15) is 50.2 Å². The molecule has 1 aromatic heterocycles. The summed E-state index contributed by atoms with van der Waals surface area (Å²) in [5.74, 6) is 1.51. The van der Waals surface area contributed by atoms with Crippen LogP contribution in [0.25, 0.3) is 10.9 Å². The second-order valence-corrected chi connectivity index (χ2v) is 8.79. The fourth-order valence-electron chi connectivity index (χ4n) is 4.47. The molecule has 0 radical (unpaired) electrons. The monoisotopic (exact) mass is 463 g/mol. The third-order valence-electron chi connectivity index (χ3n) is 6.32. The summed E-state index contributed by atoms with van der Waals surface area (Å²) in [6.07, 6.45) is 5.49. The molecule has 0 spiro atoms. The highest BCUT2D eigenvalue weighted by Crippen LogP contribution is 2.21. The minimum absolute atomic E-state index is 0.148. The van der Waals surface area contributed by atoms with Crippen LogP contribution in [0.4, 0.5) is 4.79 Å². The fourth-order valence-corrected chi connectivity index (χ4v) is 4.47. The number of hydrogen-bond donors (Lipinski definition) is 2. The molecule has 1 aliphatic rings. The van der Waals surface area contributed by atoms with Crippen molar-refractivity contribution in [2.24, 2.45) is 0 Å². The van der Waals surface area contributed by atoms with Crippen LogP contribution in [0.2, 0.25) is 0 Å². The van der Waals surface area contributed by atoms with Gasteiger partial charge in [-0.1, -0.05) is 31.4 Å². The van der Waals surface area contributed by atoms with Gasteiger partial charge in [-0.3, -0.25) is 4.79 Å². The van der Waals surface area contributed by atoms with Crippen LogP contribution in [-0.2, 0) is 13.1 Å². The van der Waals surface area contributed by atoms with E-state index in [0.717, 1.165) is 53.6 Å². The maximum absolute atomic E-state index is 13.3. The Morgan fingerprint density at radius 3 is 2.47 bits per heavy atom. The standard InChI is InChI=1S/C27H33N3O4/c1-3-34-24-13-14-25-20(16-24)15-21(26(31)29-25)18-30(17-19-9-11-23(33-2)12-10-19)27(32)28-22-7-5-4-6-8-22/h9-16,22H,3-8,17-18H2,1-2H3,(H,28,32)(H,29,31). The molecule has 2 aromatic carbocycles. The van der Waals surface area contributed by atoms with Crippen molar-refractivity contribution < 1.29 is 14.3 Å². The van der Waals surface area contributed by atoms with Crippen molar-refractivity contribution in [2.45, 2.75) is 58.2 Å². The van der Waals surface area contributed by atoms with Gasteiger partial charge in [-0.25, -0.2) is 4.79 Å². The van der Waals surface area contributed by atoms with Crippen molar-refractivity contribution in [1.82, 2.24) is 15.2 Å². The average molecular weight is 464 g/mol.